The second-order valence-corrected chi connectivity index (χ2v) is 16.7. The largest absolute Gasteiger partial charge is 0.429 e. The third kappa shape index (κ3) is 5.04. The first-order chi connectivity index (χ1) is 13.2. The molecule has 0 aliphatic rings. The van der Waals surface area contributed by atoms with Crippen molar-refractivity contribution in [3.63, 3.8) is 0 Å². The van der Waals surface area contributed by atoms with E-state index in [0.717, 1.165) is 18.1 Å². The van der Waals surface area contributed by atoms with E-state index in [1.165, 1.54) is 10.4 Å². The molecule has 0 aliphatic heterocycles. The Morgan fingerprint density at radius 3 is 1.46 bits per heavy atom. The number of rotatable bonds is 9. The molecule has 0 amide bonds. The molecule has 0 saturated heterocycles. The fourth-order valence-electron chi connectivity index (χ4n) is 3.46. The van der Waals surface area contributed by atoms with Crippen LogP contribution in [0.3, 0.4) is 0 Å². The number of benzene rings is 2. The van der Waals surface area contributed by atoms with Gasteiger partial charge in [0.1, 0.15) is 0 Å². The quantitative estimate of drug-likeness (QED) is 0.489. The van der Waals surface area contributed by atoms with Gasteiger partial charge in [-0.2, -0.15) is 0 Å². The maximum Gasteiger partial charge on any atom is 0.397 e. The van der Waals surface area contributed by atoms with Crippen LogP contribution in [0.2, 0.25) is 18.1 Å². The molecule has 0 aliphatic carbocycles. The Labute approximate surface area is 174 Å². The molecule has 4 heteroatoms. The van der Waals surface area contributed by atoms with E-state index in [9.17, 15) is 0 Å². The van der Waals surface area contributed by atoms with Crippen LogP contribution in [0.15, 0.2) is 60.7 Å². The van der Waals surface area contributed by atoms with Crippen LogP contribution in [0.25, 0.3) is 0 Å². The van der Waals surface area contributed by atoms with Crippen LogP contribution in [0, 0.1) is 5.41 Å². The van der Waals surface area contributed by atoms with Crippen molar-refractivity contribution in [2.75, 3.05) is 0 Å². The van der Waals surface area contributed by atoms with Crippen molar-refractivity contribution >= 4 is 27.3 Å². The lowest BCUT2D eigenvalue weighted by Crippen LogP contribution is -2.69. The average molecular weight is 415 g/mol. The van der Waals surface area contributed by atoms with Crippen LogP contribution in [0.5, 0.6) is 0 Å². The van der Waals surface area contributed by atoms with Crippen LogP contribution in [0.1, 0.15) is 48.5 Å². The first-order valence-electron chi connectivity index (χ1n) is 10.7. The highest BCUT2D eigenvalue weighted by Gasteiger charge is 2.50. The van der Waals surface area contributed by atoms with Gasteiger partial charge in [-0.05, 0) is 40.8 Å². The van der Waals surface area contributed by atoms with Crippen molar-refractivity contribution in [3.05, 3.63) is 60.7 Å². The first kappa shape index (κ1) is 23.1. The van der Waals surface area contributed by atoms with Crippen LogP contribution < -0.4 is 10.4 Å². The van der Waals surface area contributed by atoms with Crippen molar-refractivity contribution < 1.29 is 8.54 Å². The van der Waals surface area contributed by atoms with Gasteiger partial charge in [0.15, 0.2) is 8.32 Å². The molecule has 2 rings (SSSR count). The molecule has 0 bridgehead atoms. The van der Waals surface area contributed by atoms with Crippen LogP contribution in [0.4, 0.5) is 0 Å². The smallest absolute Gasteiger partial charge is 0.397 e. The van der Waals surface area contributed by atoms with E-state index < -0.39 is 16.9 Å². The molecule has 154 valence electrons. The Morgan fingerprint density at radius 1 is 0.750 bits per heavy atom. The third-order valence-electron chi connectivity index (χ3n) is 6.16. The minimum atomic E-state index is -2.86. The molecule has 0 saturated carbocycles. The maximum absolute atomic E-state index is 7.37. The summed E-state index contributed by atoms with van der Waals surface area (Å²) in [5, 5.41) is 2.43. The van der Waals surface area contributed by atoms with E-state index in [4.69, 9.17) is 8.54 Å². The lowest BCUT2D eigenvalue weighted by Gasteiger charge is -2.44. The molecule has 0 N–H and O–H groups in total. The van der Waals surface area contributed by atoms with Crippen molar-refractivity contribution in [2.24, 2.45) is 5.41 Å². The van der Waals surface area contributed by atoms with Crippen LogP contribution in [-0.2, 0) is 8.54 Å². The molecule has 2 aromatic carbocycles. The van der Waals surface area contributed by atoms with E-state index in [0.29, 0.717) is 0 Å². The van der Waals surface area contributed by atoms with Gasteiger partial charge in [0.2, 0.25) is 0 Å². The van der Waals surface area contributed by atoms with E-state index in [1.54, 1.807) is 0 Å². The van der Waals surface area contributed by atoms with Crippen molar-refractivity contribution in [1.29, 1.82) is 0 Å². The summed E-state index contributed by atoms with van der Waals surface area (Å²) in [7, 11) is -4.76. The van der Waals surface area contributed by atoms with E-state index in [2.05, 4.69) is 109 Å². The third-order valence-corrected chi connectivity index (χ3v) is 15.8. The number of hydrogen-bond donors (Lipinski definition) is 0. The second-order valence-electron chi connectivity index (χ2n) is 8.82. The summed E-state index contributed by atoms with van der Waals surface area (Å²) in [5.74, 6) is 0. The van der Waals surface area contributed by atoms with Gasteiger partial charge < -0.3 is 8.54 Å². The minimum absolute atomic E-state index is 0.0417. The zero-order chi connectivity index (χ0) is 20.8. The standard InChI is InChI=1S/C24H38O2Si2/c1-8-27(9-2,10-3)26-28(22-17-13-11-14-18-22,23-19-15-12-16-20-23)25-21(4)24(5,6)7/h11-21H,8-10H2,1-7H3. The monoisotopic (exact) mass is 414 g/mol. The van der Waals surface area contributed by atoms with E-state index in [-0.39, 0.29) is 11.5 Å². The van der Waals surface area contributed by atoms with Crippen LogP contribution in [-0.4, -0.2) is 23.0 Å². The van der Waals surface area contributed by atoms with Gasteiger partial charge in [0.05, 0.1) is 0 Å². The Balaban J connectivity index is 2.72. The summed E-state index contributed by atoms with van der Waals surface area (Å²) in [6.07, 6.45) is 0.0804. The average Bonchev–Trinajstić information content (AvgIpc) is 2.72. The SMILES string of the molecule is CC[Si](CC)(CC)O[Si](OC(C)C(C)(C)C)(c1ccccc1)c1ccccc1. The lowest BCUT2D eigenvalue weighted by molar-refractivity contribution is 0.0799. The zero-order valence-corrected chi connectivity index (χ0v) is 20.8. The predicted octanol–water partition coefficient (Wildman–Crippen LogP) is 5.72. The molecular weight excluding hydrogens is 376 g/mol. The summed E-state index contributed by atoms with van der Waals surface area (Å²) < 4.78 is 14.5. The van der Waals surface area contributed by atoms with E-state index >= 15 is 0 Å². The molecule has 0 radical (unpaired) electrons. The summed E-state index contributed by atoms with van der Waals surface area (Å²) in [6.45, 7) is 15.8. The summed E-state index contributed by atoms with van der Waals surface area (Å²) in [5.41, 5.74) is 0.0417. The molecule has 28 heavy (non-hydrogen) atoms. The van der Waals surface area contributed by atoms with Gasteiger partial charge >= 0.3 is 8.56 Å². The van der Waals surface area contributed by atoms with Gasteiger partial charge in [-0.15, -0.1) is 0 Å². The topological polar surface area (TPSA) is 18.5 Å². The van der Waals surface area contributed by atoms with Crippen molar-refractivity contribution in [1.82, 2.24) is 0 Å². The van der Waals surface area contributed by atoms with Gasteiger partial charge in [-0.25, -0.2) is 0 Å². The van der Waals surface area contributed by atoms with Crippen LogP contribution >= 0.6 is 0 Å². The normalized spacial score (nSPS) is 14.1. The maximum atomic E-state index is 7.37. The van der Waals surface area contributed by atoms with Crippen molar-refractivity contribution in [3.8, 4) is 0 Å². The van der Waals surface area contributed by atoms with Gasteiger partial charge in [-0.1, -0.05) is 102 Å². The van der Waals surface area contributed by atoms with Gasteiger partial charge in [0, 0.05) is 6.10 Å². The van der Waals surface area contributed by atoms with Gasteiger partial charge in [-0.3, -0.25) is 0 Å². The molecule has 0 spiro atoms. The molecule has 2 nitrogen and oxygen atoms in total. The zero-order valence-electron chi connectivity index (χ0n) is 18.8. The fraction of sp³-hybridized carbons (Fsp3) is 0.500. The molecular formula is C24H38O2Si2. The molecule has 0 heterocycles. The predicted molar refractivity (Wildman–Crippen MR) is 126 cm³/mol. The molecule has 1 atom stereocenters. The van der Waals surface area contributed by atoms with Crippen molar-refractivity contribution in [2.45, 2.75) is 72.7 Å². The highest BCUT2D eigenvalue weighted by molar-refractivity contribution is 6.98. The molecule has 0 fully saturated rings. The fourth-order valence-corrected chi connectivity index (χ4v) is 13.0. The highest BCUT2D eigenvalue weighted by Crippen LogP contribution is 2.31. The Hall–Kier alpha value is -1.21. The highest BCUT2D eigenvalue weighted by atomic mass is 28.4. The Kier molecular flexibility index (Phi) is 7.85. The molecule has 0 aromatic heterocycles. The summed E-state index contributed by atoms with van der Waals surface area (Å²) >= 11 is 0. The summed E-state index contributed by atoms with van der Waals surface area (Å²) in [6, 6.07) is 24.8. The molecule has 2 aromatic rings. The van der Waals surface area contributed by atoms with Gasteiger partial charge in [0.25, 0.3) is 0 Å². The molecule has 1 unspecified atom stereocenters. The second kappa shape index (κ2) is 9.53. The lowest BCUT2D eigenvalue weighted by atomic mass is 9.91. The Morgan fingerprint density at radius 2 is 1.14 bits per heavy atom. The first-order valence-corrected chi connectivity index (χ1v) is 15.1. The van der Waals surface area contributed by atoms with E-state index in [1.807, 2.05) is 0 Å². The minimum Gasteiger partial charge on any atom is -0.429 e. The number of hydrogen-bond acceptors (Lipinski definition) is 2. The Bertz CT molecular complexity index is 659. The summed E-state index contributed by atoms with van der Waals surface area (Å²) in [4.78, 5) is 0.